The van der Waals surface area contributed by atoms with E-state index in [1.165, 1.54) is 19.3 Å². The zero-order valence-corrected chi connectivity index (χ0v) is 69.4. The number of unbranched alkanes of at least 4 members (excludes halogenated alkanes) is 12. The van der Waals surface area contributed by atoms with Crippen molar-refractivity contribution in [1.29, 1.82) is 0 Å². The van der Waals surface area contributed by atoms with Crippen molar-refractivity contribution in [3.8, 4) is 0 Å². The Balaban J connectivity index is 5.57. The van der Waals surface area contributed by atoms with Crippen molar-refractivity contribution in [3.05, 3.63) is 219 Å². The van der Waals surface area contributed by atoms with Crippen molar-refractivity contribution < 1.29 is 80.2 Å². The Morgan fingerprint density at radius 2 is 0.491 bits per heavy atom. The molecule has 0 rings (SSSR count). The summed E-state index contributed by atoms with van der Waals surface area (Å²) in [6.07, 6.45) is 102. The van der Waals surface area contributed by atoms with Crippen LogP contribution in [0.5, 0.6) is 0 Å². The maximum atomic E-state index is 13.1. The van der Waals surface area contributed by atoms with E-state index in [2.05, 4.69) is 210 Å². The van der Waals surface area contributed by atoms with Gasteiger partial charge in [-0.2, -0.15) is 0 Å². The maximum absolute atomic E-state index is 13.1. The number of allylic oxidation sites excluding steroid dienone is 36. The third-order valence-electron chi connectivity index (χ3n) is 15.9. The molecule has 0 bridgehead atoms. The second-order valence-electron chi connectivity index (χ2n) is 26.2. The van der Waals surface area contributed by atoms with Crippen LogP contribution in [0.3, 0.4) is 0 Å². The highest BCUT2D eigenvalue weighted by Crippen LogP contribution is 2.45. The Hall–Kier alpha value is -6.62. The Bertz CT molecular complexity index is 2950. The third-order valence-corrected chi connectivity index (χ3v) is 17.8. The smallest absolute Gasteiger partial charge is 0.462 e. The van der Waals surface area contributed by atoms with E-state index in [1.54, 1.807) is 0 Å². The minimum absolute atomic E-state index is 0.0193. The molecule has 0 aliphatic rings. The quantitative estimate of drug-likeness (QED) is 0.0169. The Labute approximate surface area is 664 Å². The predicted molar refractivity (Wildman–Crippen MR) is 454 cm³/mol. The van der Waals surface area contributed by atoms with Crippen LogP contribution in [0, 0.1) is 0 Å². The molecule has 618 valence electrons. The minimum Gasteiger partial charge on any atom is -0.462 e. The summed E-state index contributed by atoms with van der Waals surface area (Å²) in [7, 11) is -10.0. The molecule has 0 fully saturated rings. The number of phosphoric ester groups is 2. The summed E-state index contributed by atoms with van der Waals surface area (Å²) in [5.74, 6) is -2.44. The van der Waals surface area contributed by atoms with E-state index in [0.29, 0.717) is 38.5 Å². The van der Waals surface area contributed by atoms with Crippen LogP contribution in [-0.2, 0) is 65.4 Å². The number of carbonyl (C=O) groups excluding carboxylic acids is 4. The number of carbonyl (C=O) groups is 4. The summed E-state index contributed by atoms with van der Waals surface area (Å²) in [6, 6.07) is 0. The lowest BCUT2D eigenvalue weighted by atomic mass is 10.1. The highest BCUT2D eigenvalue weighted by molar-refractivity contribution is 7.47. The van der Waals surface area contributed by atoms with Gasteiger partial charge in [-0.15, -0.1) is 0 Å². The normalized spacial score (nSPS) is 14.9. The average Bonchev–Trinajstić information content (AvgIpc) is 0.906. The second kappa shape index (κ2) is 80.4. The topological polar surface area (TPSA) is 237 Å². The Kier molecular flexibility index (Phi) is 75.6. The number of hydrogen-bond donors (Lipinski definition) is 3. The second-order valence-corrected chi connectivity index (χ2v) is 29.1. The fourth-order valence-corrected chi connectivity index (χ4v) is 11.4. The molecule has 0 saturated carbocycles. The Morgan fingerprint density at radius 3 is 0.764 bits per heavy atom. The molecular formula is C91H142O17P2. The first-order valence-electron chi connectivity index (χ1n) is 41.0. The number of esters is 4. The number of aliphatic hydroxyl groups is 1. The van der Waals surface area contributed by atoms with Gasteiger partial charge in [0.05, 0.1) is 26.4 Å². The molecule has 0 aliphatic carbocycles. The maximum Gasteiger partial charge on any atom is 0.472 e. The zero-order chi connectivity index (χ0) is 80.3. The molecular weight excluding hydrogens is 1430 g/mol. The third kappa shape index (κ3) is 79.5. The predicted octanol–water partition coefficient (Wildman–Crippen LogP) is 24.4. The van der Waals surface area contributed by atoms with Crippen LogP contribution in [0.2, 0.25) is 0 Å². The van der Waals surface area contributed by atoms with E-state index >= 15 is 0 Å². The Morgan fingerprint density at radius 1 is 0.264 bits per heavy atom. The van der Waals surface area contributed by atoms with Crippen LogP contribution in [0.25, 0.3) is 0 Å². The van der Waals surface area contributed by atoms with Gasteiger partial charge in [0.1, 0.15) is 19.3 Å². The molecule has 110 heavy (non-hydrogen) atoms. The lowest BCUT2D eigenvalue weighted by Gasteiger charge is -2.21. The molecule has 3 N–H and O–H groups in total. The number of aliphatic hydroxyl groups excluding tert-OH is 1. The molecule has 0 spiro atoms. The van der Waals surface area contributed by atoms with Crippen molar-refractivity contribution in [2.75, 3.05) is 39.6 Å². The summed E-state index contributed by atoms with van der Waals surface area (Å²) in [5, 5.41) is 10.7. The van der Waals surface area contributed by atoms with Crippen molar-refractivity contribution in [2.45, 2.75) is 290 Å². The van der Waals surface area contributed by atoms with Crippen LogP contribution in [-0.4, -0.2) is 96.7 Å². The number of rotatable bonds is 74. The first-order valence-corrected chi connectivity index (χ1v) is 44.0. The molecule has 0 aromatic heterocycles. The summed E-state index contributed by atoms with van der Waals surface area (Å²) in [4.78, 5) is 73.1. The molecule has 0 amide bonds. The number of hydrogen-bond acceptors (Lipinski definition) is 15. The van der Waals surface area contributed by atoms with Gasteiger partial charge >= 0.3 is 39.5 Å². The van der Waals surface area contributed by atoms with Crippen LogP contribution >= 0.6 is 15.6 Å². The zero-order valence-electron chi connectivity index (χ0n) is 67.6. The van der Waals surface area contributed by atoms with Crippen molar-refractivity contribution in [3.63, 3.8) is 0 Å². The molecule has 0 aromatic rings. The SMILES string of the molecule is CC/C=C\C/C=C\C/C=C\C/C=C\C/C=C\C/C=C\CCC(=O)OCC(COP(=O)(O)OCC(O)COP(=O)(O)OCC(COC(=O)CC/C=C\C/C=C\C/C=C\C/C=C\C/C=C\C/C=C\CC)OC(=O)CCCCCCC/C=C\C/C=C\CCCCC)OC(=O)CCCCCC/C=C\C/C=C\C/C=C\C/C=C\CC. The van der Waals surface area contributed by atoms with Gasteiger partial charge in [-0.05, 0) is 173 Å². The molecule has 17 nitrogen and oxygen atoms in total. The van der Waals surface area contributed by atoms with E-state index in [-0.39, 0.29) is 25.7 Å². The standard InChI is InChI=1S/C91H142O17P2/c1-5-9-13-17-21-25-29-33-37-40-42-45-48-51-55-59-63-67-71-75-88(93)101-81-86(107-90(95)77-73-69-65-61-57-53-47-36-32-28-24-20-16-12-8-4)83-105-109(97,98)103-79-85(92)80-104-110(99,100)106-84-87(108-91(96)78-74-70-66-62-58-54-50-44-39-35-31-27-23-19-15-11-7-3)82-102-89(94)76-72-68-64-60-56-52-49-46-43-41-38-34-30-26-22-18-14-10-6-2/h9-11,13-15,21-28,33-39,42-43,45-47,50-52,54-56,63-64,67-68,85-87,92H,5-8,12,16-20,29-32,40-41,44,48-49,53,57-62,65-66,69-84H2,1-4H3,(H,97,98)(H,99,100)/b13-9-,14-10-,15-11-,25-21-,26-22-,27-23-,28-24-,37-33-,38-34-,39-35-,45-42-,46-43-,47-36-,54-50-,55-51-,56-52-,67-63-,68-64-. The molecule has 5 unspecified atom stereocenters. The summed E-state index contributed by atoms with van der Waals surface area (Å²) in [5.41, 5.74) is 0. The first-order chi connectivity index (χ1) is 53.7. The van der Waals surface area contributed by atoms with Crippen LogP contribution < -0.4 is 0 Å². The van der Waals surface area contributed by atoms with Crippen molar-refractivity contribution in [2.24, 2.45) is 0 Å². The lowest BCUT2D eigenvalue weighted by Crippen LogP contribution is -2.30. The molecule has 0 aromatic carbocycles. The van der Waals surface area contributed by atoms with Gasteiger partial charge in [-0.1, -0.05) is 291 Å². The van der Waals surface area contributed by atoms with E-state index in [9.17, 15) is 43.2 Å². The van der Waals surface area contributed by atoms with Gasteiger partial charge in [0.2, 0.25) is 0 Å². The van der Waals surface area contributed by atoms with Gasteiger partial charge in [-0.25, -0.2) is 9.13 Å². The minimum atomic E-state index is -5.02. The van der Waals surface area contributed by atoms with E-state index < -0.39 is 97.5 Å². The lowest BCUT2D eigenvalue weighted by molar-refractivity contribution is -0.161. The fraction of sp³-hybridized carbons (Fsp3) is 0.560. The summed E-state index contributed by atoms with van der Waals surface area (Å²) >= 11 is 0. The number of ether oxygens (including phenoxy) is 4. The molecule has 0 saturated heterocycles. The molecule has 19 heteroatoms. The molecule has 5 atom stereocenters. The van der Waals surface area contributed by atoms with E-state index in [4.69, 9.17) is 37.0 Å². The van der Waals surface area contributed by atoms with Gasteiger partial charge in [-0.3, -0.25) is 37.3 Å². The van der Waals surface area contributed by atoms with Gasteiger partial charge in [0.25, 0.3) is 0 Å². The van der Waals surface area contributed by atoms with Gasteiger partial charge < -0.3 is 33.8 Å². The van der Waals surface area contributed by atoms with Crippen molar-refractivity contribution in [1.82, 2.24) is 0 Å². The molecule has 0 radical (unpaired) electrons. The highest BCUT2D eigenvalue weighted by atomic mass is 31.2. The van der Waals surface area contributed by atoms with E-state index in [0.717, 1.165) is 161 Å². The van der Waals surface area contributed by atoms with Crippen LogP contribution in [0.4, 0.5) is 0 Å². The molecule has 0 heterocycles. The fourth-order valence-electron chi connectivity index (χ4n) is 9.82. The number of phosphoric acid groups is 2. The monoisotopic (exact) mass is 1570 g/mol. The first kappa shape index (κ1) is 103. The summed E-state index contributed by atoms with van der Waals surface area (Å²) in [6.45, 7) is 4.26. The molecule has 0 aliphatic heterocycles. The van der Waals surface area contributed by atoms with Gasteiger partial charge in [0, 0.05) is 25.7 Å². The van der Waals surface area contributed by atoms with Crippen molar-refractivity contribution >= 4 is 39.5 Å². The largest absolute Gasteiger partial charge is 0.472 e. The average molecular weight is 1570 g/mol. The van der Waals surface area contributed by atoms with Crippen LogP contribution in [0.15, 0.2) is 219 Å². The summed E-state index contributed by atoms with van der Waals surface area (Å²) < 4.78 is 68.5. The van der Waals surface area contributed by atoms with Crippen LogP contribution in [0.1, 0.15) is 272 Å². The van der Waals surface area contributed by atoms with Gasteiger partial charge in [0.15, 0.2) is 12.2 Å². The highest BCUT2D eigenvalue weighted by Gasteiger charge is 2.30. The van der Waals surface area contributed by atoms with E-state index in [1.807, 2.05) is 36.5 Å².